The second kappa shape index (κ2) is 12.5. The molecule has 0 bridgehead atoms. The topological polar surface area (TPSA) is 90.4 Å². The summed E-state index contributed by atoms with van der Waals surface area (Å²) in [5.41, 5.74) is 2.76. The molecule has 2 aromatic heterocycles. The summed E-state index contributed by atoms with van der Waals surface area (Å²) in [6, 6.07) is 7.82. The van der Waals surface area contributed by atoms with Gasteiger partial charge in [-0.15, -0.1) is 11.3 Å². The zero-order valence-corrected chi connectivity index (χ0v) is 22.1. The van der Waals surface area contributed by atoms with E-state index in [-0.39, 0.29) is 24.0 Å². The van der Waals surface area contributed by atoms with Gasteiger partial charge in [0.15, 0.2) is 5.16 Å². The van der Waals surface area contributed by atoms with E-state index >= 15 is 0 Å². The number of anilines is 1. The summed E-state index contributed by atoms with van der Waals surface area (Å²) in [5, 5.41) is 3.83. The molecule has 7 nitrogen and oxygen atoms in total. The lowest BCUT2D eigenvalue weighted by molar-refractivity contribution is -0.113. The summed E-state index contributed by atoms with van der Waals surface area (Å²) >= 11 is 2.62. The van der Waals surface area contributed by atoms with Crippen LogP contribution in [0.5, 0.6) is 5.75 Å². The maximum absolute atomic E-state index is 12.8. The number of rotatable bonds is 10. The van der Waals surface area contributed by atoms with Gasteiger partial charge in [-0.2, -0.15) is 8.78 Å². The van der Waals surface area contributed by atoms with Crippen LogP contribution in [0.3, 0.4) is 0 Å². The van der Waals surface area contributed by atoms with Crippen molar-refractivity contribution in [1.82, 2.24) is 9.97 Å². The summed E-state index contributed by atoms with van der Waals surface area (Å²) in [4.78, 5) is 35.4. The second-order valence-electron chi connectivity index (χ2n) is 8.41. The summed E-state index contributed by atoms with van der Waals surface area (Å²) in [5.74, 6) is 0.00892. The molecular formula is C26H27F2N3O4S2. The Morgan fingerprint density at radius 3 is 2.70 bits per heavy atom. The van der Waals surface area contributed by atoms with Gasteiger partial charge in [-0.3, -0.25) is 4.79 Å². The molecule has 0 radical (unpaired) electrons. The van der Waals surface area contributed by atoms with Crippen molar-refractivity contribution in [2.45, 2.75) is 51.3 Å². The van der Waals surface area contributed by atoms with E-state index in [9.17, 15) is 18.4 Å². The van der Waals surface area contributed by atoms with Crippen LogP contribution in [0.1, 0.15) is 47.5 Å². The maximum atomic E-state index is 12.8. The van der Waals surface area contributed by atoms with Crippen molar-refractivity contribution < 1.29 is 27.8 Å². The Balaban J connectivity index is 1.43. The number of thiophene rings is 1. The number of thioether (sulfide) groups is 1. The van der Waals surface area contributed by atoms with Crippen LogP contribution in [-0.4, -0.2) is 40.8 Å². The van der Waals surface area contributed by atoms with Crippen molar-refractivity contribution in [3.05, 3.63) is 52.5 Å². The van der Waals surface area contributed by atoms with Gasteiger partial charge in [0.1, 0.15) is 10.8 Å². The molecule has 1 aliphatic rings. The lowest BCUT2D eigenvalue weighted by Gasteiger charge is -2.20. The van der Waals surface area contributed by atoms with Gasteiger partial charge >= 0.3 is 12.6 Å². The van der Waals surface area contributed by atoms with E-state index in [1.807, 2.05) is 0 Å². The van der Waals surface area contributed by atoms with Crippen molar-refractivity contribution in [3.8, 4) is 17.0 Å². The summed E-state index contributed by atoms with van der Waals surface area (Å²) < 4.78 is 34.4. The minimum atomic E-state index is -2.89. The molecule has 0 spiro atoms. The van der Waals surface area contributed by atoms with Crippen LogP contribution in [0.15, 0.2) is 41.7 Å². The first-order chi connectivity index (χ1) is 17.9. The molecule has 1 amide bonds. The highest BCUT2D eigenvalue weighted by Crippen LogP contribution is 2.41. The van der Waals surface area contributed by atoms with Gasteiger partial charge in [-0.1, -0.05) is 25.1 Å². The average molecular weight is 548 g/mol. The first-order valence-corrected chi connectivity index (χ1v) is 13.8. The van der Waals surface area contributed by atoms with Crippen molar-refractivity contribution in [2.75, 3.05) is 17.7 Å². The van der Waals surface area contributed by atoms with Crippen molar-refractivity contribution in [3.63, 3.8) is 0 Å². The van der Waals surface area contributed by atoms with Crippen LogP contribution in [0.4, 0.5) is 13.8 Å². The Labute approximate surface area is 222 Å². The standard InChI is InChI=1S/C26H27F2N3O4S2/c1-3-15-5-10-18-20(13-15)37-23(22(18)24(33)34-4-2)31-21(32)14-36-26-29-12-11-19(30-26)16-6-8-17(9-7-16)35-25(27)28/h6-9,11-12,15,25H,3-5,10,13-14H2,1-2H3,(H,31,32)/t15-/m1/s1. The zero-order chi connectivity index (χ0) is 26.4. The third-order valence-electron chi connectivity index (χ3n) is 6.02. The van der Waals surface area contributed by atoms with E-state index in [0.29, 0.717) is 32.9 Å². The Bertz CT molecular complexity index is 1250. The fourth-order valence-corrected chi connectivity index (χ4v) is 6.18. The third kappa shape index (κ3) is 6.84. The average Bonchev–Trinajstić information content (AvgIpc) is 3.24. The van der Waals surface area contributed by atoms with E-state index in [0.717, 1.165) is 47.9 Å². The molecule has 1 aromatic carbocycles. The molecule has 1 atom stereocenters. The molecule has 0 aliphatic heterocycles. The van der Waals surface area contributed by atoms with E-state index in [4.69, 9.17) is 4.74 Å². The van der Waals surface area contributed by atoms with Crippen LogP contribution in [0.2, 0.25) is 0 Å². The molecule has 1 N–H and O–H groups in total. The Morgan fingerprint density at radius 2 is 2.00 bits per heavy atom. The number of benzene rings is 1. The first kappa shape index (κ1) is 27.0. The molecule has 37 heavy (non-hydrogen) atoms. The number of carbonyl (C=O) groups is 2. The number of ether oxygens (including phenoxy) is 2. The van der Waals surface area contributed by atoms with Gasteiger partial charge in [0.2, 0.25) is 5.91 Å². The van der Waals surface area contributed by atoms with Gasteiger partial charge in [0.05, 0.1) is 23.6 Å². The van der Waals surface area contributed by atoms with Gasteiger partial charge < -0.3 is 14.8 Å². The highest BCUT2D eigenvalue weighted by atomic mass is 32.2. The molecular weight excluding hydrogens is 520 g/mol. The van der Waals surface area contributed by atoms with E-state index in [1.165, 1.54) is 23.5 Å². The molecule has 0 saturated carbocycles. The van der Waals surface area contributed by atoms with Crippen LogP contribution in [-0.2, 0) is 22.4 Å². The van der Waals surface area contributed by atoms with Crippen LogP contribution >= 0.6 is 23.1 Å². The number of fused-ring (bicyclic) bond motifs is 1. The van der Waals surface area contributed by atoms with Crippen LogP contribution in [0.25, 0.3) is 11.3 Å². The number of hydrogen-bond donors (Lipinski definition) is 1. The van der Waals surface area contributed by atoms with E-state index in [1.54, 1.807) is 31.3 Å². The van der Waals surface area contributed by atoms with Crippen molar-refractivity contribution in [1.29, 1.82) is 0 Å². The van der Waals surface area contributed by atoms with E-state index in [2.05, 4.69) is 26.9 Å². The molecule has 0 saturated heterocycles. The third-order valence-corrected chi connectivity index (χ3v) is 8.05. The maximum Gasteiger partial charge on any atom is 0.387 e. The number of esters is 1. The van der Waals surface area contributed by atoms with Gasteiger partial charge in [0.25, 0.3) is 0 Å². The largest absolute Gasteiger partial charge is 0.462 e. The predicted molar refractivity (Wildman–Crippen MR) is 140 cm³/mol. The number of aromatic nitrogens is 2. The van der Waals surface area contributed by atoms with Crippen molar-refractivity contribution >= 4 is 40.0 Å². The summed E-state index contributed by atoms with van der Waals surface area (Å²) in [7, 11) is 0. The second-order valence-corrected chi connectivity index (χ2v) is 10.5. The van der Waals surface area contributed by atoms with Crippen LogP contribution < -0.4 is 10.1 Å². The summed E-state index contributed by atoms with van der Waals surface area (Å²) in [6.07, 6.45) is 5.38. The Kier molecular flexibility index (Phi) is 9.09. The SMILES string of the molecule is CCOC(=O)c1c(NC(=O)CSc2nccc(-c3ccc(OC(F)F)cc3)n2)sc2c1CC[C@@H](CC)C2. The number of nitrogens with zero attached hydrogens (tertiary/aromatic N) is 2. The number of nitrogens with one attached hydrogen (secondary N) is 1. The molecule has 1 aliphatic carbocycles. The minimum absolute atomic E-state index is 0.0486. The number of carbonyl (C=O) groups excluding carboxylic acids is 2. The quantitative estimate of drug-likeness (QED) is 0.183. The predicted octanol–water partition coefficient (Wildman–Crippen LogP) is 6.23. The fraction of sp³-hybridized carbons (Fsp3) is 0.385. The van der Waals surface area contributed by atoms with Crippen LogP contribution in [0, 0.1) is 5.92 Å². The molecule has 0 fully saturated rings. The molecule has 3 aromatic rings. The fourth-order valence-electron chi connectivity index (χ4n) is 4.18. The molecule has 11 heteroatoms. The van der Waals surface area contributed by atoms with Gasteiger partial charge in [-0.25, -0.2) is 14.8 Å². The lowest BCUT2D eigenvalue weighted by Crippen LogP contribution is -2.18. The number of amides is 1. The van der Waals surface area contributed by atoms with E-state index < -0.39 is 12.6 Å². The Morgan fingerprint density at radius 1 is 1.22 bits per heavy atom. The number of hydrogen-bond acceptors (Lipinski definition) is 8. The van der Waals surface area contributed by atoms with Gasteiger partial charge in [-0.05, 0) is 68.0 Å². The number of halogens is 2. The Hall–Kier alpha value is -3.05. The molecule has 0 unspecified atom stereocenters. The highest BCUT2D eigenvalue weighted by Gasteiger charge is 2.29. The number of alkyl halides is 2. The smallest absolute Gasteiger partial charge is 0.387 e. The monoisotopic (exact) mass is 547 g/mol. The van der Waals surface area contributed by atoms with Crippen molar-refractivity contribution in [2.24, 2.45) is 5.92 Å². The lowest BCUT2D eigenvalue weighted by atomic mass is 9.85. The molecule has 4 rings (SSSR count). The normalized spacial score (nSPS) is 14.8. The molecule has 2 heterocycles. The molecule has 196 valence electrons. The van der Waals surface area contributed by atoms with Gasteiger partial charge in [0, 0.05) is 16.6 Å². The zero-order valence-electron chi connectivity index (χ0n) is 20.5. The highest BCUT2D eigenvalue weighted by molar-refractivity contribution is 7.99. The minimum Gasteiger partial charge on any atom is -0.462 e. The first-order valence-electron chi connectivity index (χ1n) is 12.0. The summed E-state index contributed by atoms with van der Waals surface area (Å²) in [6.45, 7) is 1.31.